The molecule has 0 N–H and O–H groups in total. The SMILES string of the molecule is CCCOc1ccc(S(=O)(=O)N2CC(c3nncn3C)C3(CCCCC3)C2)cc1. The van der Waals surface area contributed by atoms with Crippen molar-refractivity contribution < 1.29 is 13.2 Å². The quantitative estimate of drug-likeness (QED) is 0.719. The summed E-state index contributed by atoms with van der Waals surface area (Å²) < 4.78 is 36.1. The topological polar surface area (TPSA) is 77.3 Å². The standard InChI is InChI=1S/C21H30N4O3S/c1-3-13-28-17-7-9-18(10-8-17)29(26,27)25-14-19(20-23-22-16-24(20)2)21(15-25)11-5-4-6-12-21/h7-10,16,19H,3-6,11-15H2,1-2H3. The maximum atomic E-state index is 13.4. The van der Waals surface area contributed by atoms with E-state index in [0.29, 0.717) is 30.3 Å². The maximum Gasteiger partial charge on any atom is 0.243 e. The molecule has 0 bridgehead atoms. The zero-order valence-corrected chi connectivity index (χ0v) is 18.1. The molecule has 1 aromatic carbocycles. The molecule has 2 heterocycles. The summed E-state index contributed by atoms with van der Waals surface area (Å²) in [5.41, 5.74) is -0.0453. The smallest absolute Gasteiger partial charge is 0.243 e. The molecule has 158 valence electrons. The molecular weight excluding hydrogens is 388 g/mol. The van der Waals surface area contributed by atoms with Gasteiger partial charge in [-0.2, -0.15) is 4.31 Å². The van der Waals surface area contributed by atoms with Crippen LogP contribution in [0.1, 0.15) is 57.2 Å². The van der Waals surface area contributed by atoms with Crippen LogP contribution in [0.25, 0.3) is 0 Å². The Bertz CT molecular complexity index is 933. The summed E-state index contributed by atoms with van der Waals surface area (Å²) in [4.78, 5) is 0.325. The molecule has 1 saturated carbocycles. The van der Waals surface area contributed by atoms with E-state index in [9.17, 15) is 8.42 Å². The lowest BCUT2D eigenvalue weighted by Gasteiger charge is -2.37. The van der Waals surface area contributed by atoms with E-state index in [0.717, 1.165) is 37.9 Å². The first-order valence-electron chi connectivity index (χ1n) is 10.5. The summed E-state index contributed by atoms with van der Waals surface area (Å²) in [6.07, 6.45) is 8.22. The van der Waals surface area contributed by atoms with Gasteiger partial charge in [0.05, 0.1) is 11.5 Å². The van der Waals surface area contributed by atoms with Crippen molar-refractivity contribution in [1.29, 1.82) is 0 Å². The molecule has 1 aliphatic carbocycles. The van der Waals surface area contributed by atoms with Gasteiger partial charge in [0.1, 0.15) is 17.9 Å². The average molecular weight is 419 g/mol. The lowest BCUT2D eigenvalue weighted by molar-refractivity contribution is 0.177. The van der Waals surface area contributed by atoms with Crippen LogP contribution in [-0.2, 0) is 17.1 Å². The second kappa shape index (κ2) is 8.07. The third kappa shape index (κ3) is 3.80. The second-order valence-electron chi connectivity index (χ2n) is 8.39. The van der Waals surface area contributed by atoms with Crippen molar-refractivity contribution in [3.63, 3.8) is 0 Å². The lowest BCUT2D eigenvalue weighted by atomic mass is 9.67. The number of rotatable bonds is 6. The van der Waals surface area contributed by atoms with E-state index in [1.807, 2.05) is 18.5 Å². The third-order valence-corrected chi connectivity index (χ3v) is 8.28. The van der Waals surface area contributed by atoms with E-state index in [-0.39, 0.29) is 11.3 Å². The molecule has 1 atom stereocenters. The highest BCUT2D eigenvalue weighted by Gasteiger charge is 2.52. The van der Waals surface area contributed by atoms with E-state index in [2.05, 4.69) is 10.2 Å². The minimum Gasteiger partial charge on any atom is -0.494 e. The molecular formula is C21H30N4O3S. The van der Waals surface area contributed by atoms with E-state index in [4.69, 9.17) is 4.74 Å². The van der Waals surface area contributed by atoms with Crippen LogP contribution in [0.15, 0.2) is 35.5 Å². The molecule has 0 amide bonds. The van der Waals surface area contributed by atoms with Crippen LogP contribution in [0.2, 0.25) is 0 Å². The first-order chi connectivity index (χ1) is 14.0. The molecule has 4 rings (SSSR count). The number of benzene rings is 1. The highest BCUT2D eigenvalue weighted by Crippen LogP contribution is 2.52. The van der Waals surface area contributed by atoms with Gasteiger partial charge in [0.15, 0.2) is 0 Å². The molecule has 7 nitrogen and oxygen atoms in total. The number of ether oxygens (including phenoxy) is 1. The summed E-state index contributed by atoms with van der Waals surface area (Å²) >= 11 is 0. The molecule has 2 aliphatic rings. The molecule has 0 radical (unpaired) electrons. The fourth-order valence-electron chi connectivity index (χ4n) is 4.91. The van der Waals surface area contributed by atoms with E-state index in [1.165, 1.54) is 6.42 Å². The molecule has 29 heavy (non-hydrogen) atoms. The maximum absolute atomic E-state index is 13.4. The number of nitrogens with zero attached hydrogens (tertiary/aromatic N) is 4. The zero-order valence-electron chi connectivity index (χ0n) is 17.2. The summed E-state index contributed by atoms with van der Waals surface area (Å²) in [7, 11) is -1.63. The van der Waals surface area contributed by atoms with Crippen LogP contribution in [0.5, 0.6) is 5.75 Å². The Morgan fingerprint density at radius 2 is 1.90 bits per heavy atom. The van der Waals surface area contributed by atoms with Crippen LogP contribution >= 0.6 is 0 Å². The summed E-state index contributed by atoms with van der Waals surface area (Å²) in [5.74, 6) is 1.68. The summed E-state index contributed by atoms with van der Waals surface area (Å²) in [6, 6.07) is 6.80. The fourth-order valence-corrected chi connectivity index (χ4v) is 6.46. The van der Waals surface area contributed by atoms with Gasteiger partial charge in [-0.15, -0.1) is 10.2 Å². The predicted octanol–water partition coefficient (Wildman–Crippen LogP) is 3.34. The monoisotopic (exact) mass is 418 g/mol. The number of aromatic nitrogens is 3. The van der Waals surface area contributed by atoms with E-state index >= 15 is 0 Å². The van der Waals surface area contributed by atoms with Crippen molar-refractivity contribution >= 4 is 10.0 Å². The number of hydrogen-bond donors (Lipinski definition) is 0. The Morgan fingerprint density at radius 3 is 2.52 bits per heavy atom. The first kappa shape index (κ1) is 20.3. The van der Waals surface area contributed by atoms with Gasteiger partial charge >= 0.3 is 0 Å². The number of hydrogen-bond acceptors (Lipinski definition) is 5. The normalized spacial score (nSPS) is 22.2. The van der Waals surface area contributed by atoms with Crippen molar-refractivity contribution in [3.8, 4) is 5.75 Å². The second-order valence-corrected chi connectivity index (χ2v) is 10.3. The van der Waals surface area contributed by atoms with Gasteiger partial charge in [-0.1, -0.05) is 26.2 Å². The van der Waals surface area contributed by atoms with Crippen molar-refractivity contribution in [2.45, 2.75) is 56.3 Å². The molecule has 1 saturated heterocycles. The molecule has 1 aromatic heterocycles. The highest BCUT2D eigenvalue weighted by atomic mass is 32.2. The molecule has 1 aliphatic heterocycles. The Morgan fingerprint density at radius 1 is 1.17 bits per heavy atom. The Balaban J connectivity index is 1.62. The Hall–Kier alpha value is -1.93. The van der Waals surface area contributed by atoms with E-state index in [1.54, 1.807) is 34.9 Å². The number of sulfonamides is 1. The highest BCUT2D eigenvalue weighted by molar-refractivity contribution is 7.89. The fraction of sp³-hybridized carbons (Fsp3) is 0.619. The minimum absolute atomic E-state index is 0.0453. The molecule has 1 unspecified atom stereocenters. The van der Waals surface area contributed by atoms with Gasteiger partial charge in [-0.05, 0) is 48.9 Å². The largest absolute Gasteiger partial charge is 0.494 e. The zero-order chi connectivity index (χ0) is 20.5. The van der Waals surface area contributed by atoms with Gasteiger partial charge in [-0.25, -0.2) is 8.42 Å². The molecule has 1 spiro atoms. The first-order valence-corrected chi connectivity index (χ1v) is 12.0. The van der Waals surface area contributed by atoms with E-state index < -0.39 is 10.0 Å². The summed E-state index contributed by atoms with van der Waals surface area (Å²) in [6.45, 7) is 3.69. The molecule has 2 aromatic rings. The van der Waals surface area contributed by atoms with Crippen LogP contribution in [0.4, 0.5) is 0 Å². The minimum atomic E-state index is -3.57. The lowest BCUT2D eigenvalue weighted by Crippen LogP contribution is -2.34. The third-order valence-electron chi connectivity index (χ3n) is 6.46. The van der Waals surface area contributed by atoms with Crippen molar-refractivity contribution in [2.24, 2.45) is 12.5 Å². The van der Waals surface area contributed by atoms with Crippen LogP contribution in [0.3, 0.4) is 0 Å². The average Bonchev–Trinajstić information content (AvgIpc) is 3.31. The van der Waals surface area contributed by atoms with Crippen molar-refractivity contribution in [2.75, 3.05) is 19.7 Å². The van der Waals surface area contributed by atoms with Crippen LogP contribution in [0, 0.1) is 5.41 Å². The Labute approximate surface area is 173 Å². The van der Waals surface area contributed by atoms with Gasteiger partial charge in [0.2, 0.25) is 10.0 Å². The molecule has 2 fully saturated rings. The van der Waals surface area contributed by atoms with Gasteiger partial charge in [0, 0.05) is 26.1 Å². The summed E-state index contributed by atoms with van der Waals surface area (Å²) in [5, 5.41) is 8.41. The van der Waals surface area contributed by atoms with Crippen LogP contribution in [-0.4, -0.2) is 47.2 Å². The van der Waals surface area contributed by atoms with Gasteiger partial charge < -0.3 is 9.30 Å². The van der Waals surface area contributed by atoms with Crippen molar-refractivity contribution in [3.05, 3.63) is 36.4 Å². The van der Waals surface area contributed by atoms with Gasteiger partial charge in [0.25, 0.3) is 0 Å². The number of aryl methyl sites for hydroxylation is 1. The predicted molar refractivity (Wildman–Crippen MR) is 110 cm³/mol. The van der Waals surface area contributed by atoms with Crippen LogP contribution < -0.4 is 4.74 Å². The van der Waals surface area contributed by atoms with Crippen molar-refractivity contribution in [1.82, 2.24) is 19.1 Å². The Kier molecular flexibility index (Phi) is 5.66. The molecule has 8 heteroatoms. The van der Waals surface area contributed by atoms with Gasteiger partial charge in [-0.3, -0.25) is 0 Å².